The zero-order chi connectivity index (χ0) is 31.5. The van der Waals surface area contributed by atoms with E-state index in [0.29, 0.717) is 53.4 Å². The summed E-state index contributed by atoms with van der Waals surface area (Å²) in [4.78, 5) is 33.2. The zero-order valence-corrected chi connectivity index (χ0v) is 26.6. The van der Waals surface area contributed by atoms with Gasteiger partial charge in [-0.1, -0.05) is 89.1 Å². The van der Waals surface area contributed by atoms with Crippen LogP contribution in [-0.2, 0) is 11.4 Å². The van der Waals surface area contributed by atoms with Gasteiger partial charge < -0.3 is 14.8 Å². The van der Waals surface area contributed by atoms with Crippen molar-refractivity contribution in [3.05, 3.63) is 155 Å². The number of hydrogen-bond donors (Lipinski definition) is 1. The Kier molecular flexibility index (Phi) is 8.89. The van der Waals surface area contributed by atoms with Gasteiger partial charge in [0.05, 0.1) is 29.0 Å². The second-order valence-corrected chi connectivity index (χ2v) is 12.1. The summed E-state index contributed by atoms with van der Waals surface area (Å²) < 4.78 is 13.6. The molecule has 0 fully saturated rings. The first-order valence-corrected chi connectivity index (χ1v) is 15.6. The van der Waals surface area contributed by atoms with Crippen molar-refractivity contribution in [1.82, 2.24) is 4.57 Å². The van der Waals surface area contributed by atoms with E-state index in [1.54, 1.807) is 36.8 Å². The molecule has 6 rings (SSSR count). The first kappa shape index (κ1) is 30.4. The number of anilines is 1. The first-order valence-electron chi connectivity index (χ1n) is 14.0. The van der Waals surface area contributed by atoms with E-state index < -0.39 is 6.04 Å². The summed E-state index contributed by atoms with van der Waals surface area (Å²) >= 11 is 13.7. The first-order chi connectivity index (χ1) is 21.8. The second kappa shape index (κ2) is 13.2. The smallest absolute Gasteiger partial charge is 0.271 e. The number of para-hydroxylation sites is 2. The number of aromatic nitrogens is 1. The van der Waals surface area contributed by atoms with Crippen molar-refractivity contribution in [2.45, 2.75) is 19.6 Å². The summed E-state index contributed by atoms with van der Waals surface area (Å²) in [5, 5.41) is 4.02. The highest BCUT2D eigenvalue weighted by Crippen LogP contribution is 2.32. The predicted octanol–water partition coefficient (Wildman–Crippen LogP) is 6.77. The number of methoxy groups -OCH3 is 1. The number of carbonyl (C=O) groups excluding carboxylic acids is 1. The van der Waals surface area contributed by atoms with Gasteiger partial charge in [0.25, 0.3) is 11.5 Å². The van der Waals surface area contributed by atoms with Crippen molar-refractivity contribution in [3.63, 3.8) is 0 Å². The van der Waals surface area contributed by atoms with Crippen LogP contribution < -0.4 is 29.7 Å². The summed E-state index contributed by atoms with van der Waals surface area (Å²) in [6.07, 6.45) is 1.79. The minimum atomic E-state index is -0.735. The molecule has 4 aromatic carbocycles. The molecule has 1 aliphatic rings. The molecule has 226 valence electrons. The molecule has 1 N–H and O–H groups in total. The Labute approximate surface area is 273 Å². The van der Waals surface area contributed by atoms with Gasteiger partial charge in [0.2, 0.25) is 0 Å². The Balaban J connectivity index is 1.43. The molecule has 0 saturated heterocycles. The van der Waals surface area contributed by atoms with Crippen LogP contribution in [0.4, 0.5) is 5.69 Å². The van der Waals surface area contributed by atoms with E-state index in [-0.39, 0.29) is 18.1 Å². The molecule has 0 saturated carbocycles. The van der Waals surface area contributed by atoms with Gasteiger partial charge in [0.15, 0.2) is 4.80 Å². The van der Waals surface area contributed by atoms with Crippen molar-refractivity contribution in [1.29, 1.82) is 0 Å². The van der Waals surface area contributed by atoms with Crippen molar-refractivity contribution in [2.24, 2.45) is 4.99 Å². The van der Waals surface area contributed by atoms with Gasteiger partial charge in [-0.2, -0.15) is 0 Å². The number of benzene rings is 4. The Morgan fingerprint density at radius 3 is 2.56 bits per heavy atom. The maximum atomic E-state index is 14.2. The lowest BCUT2D eigenvalue weighted by Gasteiger charge is -2.25. The Hall–Kier alpha value is -4.63. The summed E-state index contributed by atoms with van der Waals surface area (Å²) in [6, 6.07) is 28.5. The molecule has 1 unspecified atom stereocenters. The minimum absolute atomic E-state index is 0.219. The average molecular weight is 657 g/mol. The number of fused-ring (bicyclic) bond motifs is 1. The van der Waals surface area contributed by atoms with E-state index in [1.165, 1.54) is 11.3 Å². The molecule has 0 aliphatic carbocycles. The van der Waals surface area contributed by atoms with Gasteiger partial charge in [0, 0.05) is 26.9 Å². The molecule has 7 nitrogen and oxygen atoms in total. The number of thiazole rings is 1. The molecule has 1 atom stereocenters. The molecule has 0 bridgehead atoms. The average Bonchev–Trinajstić information content (AvgIpc) is 3.34. The highest BCUT2D eigenvalue weighted by atomic mass is 35.5. The van der Waals surface area contributed by atoms with Crippen LogP contribution in [0.15, 0.2) is 118 Å². The van der Waals surface area contributed by atoms with Crippen LogP contribution in [0.25, 0.3) is 6.08 Å². The molecule has 1 aromatic heterocycles. The lowest BCUT2D eigenvalue weighted by atomic mass is 9.95. The van der Waals surface area contributed by atoms with Gasteiger partial charge in [-0.25, -0.2) is 4.99 Å². The molecule has 5 aromatic rings. The Bertz CT molecular complexity index is 2120. The third-order valence-electron chi connectivity index (χ3n) is 7.31. The number of allylic oxidation sites excluding steroid dienone is 1. The van der Waals surface area contributed by atoms with E-state index in [1.807, 2.05) is 84.9 Å². The fourth-order valence-electron chi connectivity index (χ4n) is 5.13. The third-order valence-corrected chi connectivity index (χ3v) is 8.88. The number of nitrogens with one attached hydrogen (secondary N) is 1. The number of rotatable bonds is 8. The van der Waals surface area contributed by atoms with Crippen LogP contribution in [0.3, 0.4) is 0 Å². The molecule has 0 radical (unpaired) electrons. The fraction of sp³-hybridized carbons (Fsp3) is 0.114. The van der Waals surface area contributed by atoms with Crippen molar-refractivity contribution < 1.29 is 14.3 Å². The van der Waals surface area contributed by atoms with Gasteiger partial charge in [-0.3, -0.25) is 14.2 Å². The van der Waals surface area contributed by atoms with E-state index in [9.17, 15) is 9.59 Å². The lowest BCUT2D eigenvalue weighted by molar-refractivity contribution is -0.113. The molecule has 1 aliphatic heterocycles. The SMILES string of the molecule is COc1cccc(C2C(C(=O)Nc3ccccc3)=C(C)N=c3s/c(=C/c4ccccc4OCc4ccc(Cl)cc4Cl)c(=O)n32)c1. The van der Waals surface area contributed by atoms with E-state index in [2.05, 4.69) is 5.32 Å². The topological polar surface area (TPSA) is 81.9 Å². The van der Waals surface area contributed by atoms with Crippen LogP contribution in [0.1, 0.15) is 29.7 Å². The van der Waals surface area contributed by atoms with Crippen molar-refractivity contribution >= 4 is 52.2 Å². The molecule has 0 spiro atoms. The molecule has 10 heteroatoms. The van der Waals surface area contributed by atoms with Crippen LogP contribution in [0.2, 0.25) is 10.0 Å². The largest absolute Gasteiger partial charge is 0.497 e. The fourth-order valence-corrected chi connectivity index (χ4v) is 6.63. The number of carbonyl (C=O) groups is 1. The Morgan fingerprint density at radius 2 is 1.78 bits per heavy atom. The maximum Gasteiger partial charge on any atom is 0.271 e. The van der Waals surface area contributed by atoms with Crippen LogP contribution in [-0.4, -0.2) is 17.6 Å². The molecule has 1 amide bonds. The van der Waals surface area contributed by atoms with Crippen LogP contribution in [0.5, 0.6) is 11.5 Å². The highest BCUT2D eigenvalue weighted by Gasteiger charge is 2.32. The predicted molar refractivity (Wildman–Crippen MR) is 179 cm³/mol. The summed E-state index contributed by atoms with van der Waals surface area (Å²) in [5.41, 5.74) is 3.47. The van der Waals surface area contributed by atoms with E-state index >= 15 is 0 Å². The van der Waals surface area contributed by atoms with Gasteiger partial charge in [-0.15, -0.1) is 0 Å². The maximum absolute atomic E-state index is 14.2. The second-order valence-electron chi connectivity index (χ2n) is 10.2. The summed E-state index contributed by atoms with van der Waals surface area (Å²) in [5.74, 6) is 0.848. The lowest BCUT2D eigenvalue weighted by Crippen LogP contribution is -2.40. The molecular weight excluding hydrogens is 629 g/mol. The molecular formula is C35H27Cl2N3O4S. The quantitative estimate of drug-likeness (QED) is 0.200. The van der Waals surface area contributed by atoms with E-state index in [0.717, 1.165) is 11.1 Å². The highest BCUT2D eigenvalue weighted by molar-refractivity contribution is 7.07. The van der Waals surface area contributed by atoms with Crippen LogP contribution >= 0.6 is 34.5 Å². The van der Waals surface area contributed by atoms with Crippen molar-refractivity contribution in [2.75, 3.05) is 12.4 Å². The number of halogens is 2. The zero-order valence-electron chi connectivity index (χ0n) is 24.3. The van der Waals surface area contributed by atoms with Gasteiger partial charge in [0.1, 0.15) is 18.1 Å². The molecule has 2 heterocycles. The van der Waals surface area contributed by atoms with E-state index in [4.69, 9.17) is 37.7 Å². The third kappa shape index (κ3) is 6.44. The summed E-state index contributed by atoms with van der Waals surface area (Å²) in [7, 11) is 1.58. The number of nitrogens with zero attached hydrogens (tertiary/aromatic N) is 2. The van der Waals surface area contributed by atoms with Crippen molar-refractivity contribution in [3.8, 4) is 11.5 Å². The molecule has 45 heavy (non-hydrogen) atoms. The Morgan fingerprint density at radius 1 is 1.00 bits per heavy atom. The number of ether oxygens (including phenoxy) is 2. The van der Waals surface area contributed by atoms with Crippen LogP contribution in [0, 0.1) is 0 Å². The van der Waals surface area contributed by atoms with Gasteiger partial charge in [-0.05, 0) is 61.0 Å². The number of amides is 1. The monoisotopic (exact) mass is 655 g/mol. The standard InChI is InChI=1S/C35H27Cl2N3O4S/c1-21-31(33(41)39-26-11-4-3-5-12-26)32(23-10-8-13-27(17-23)43-2)40-34(42)30(45-35(40)38-21)18-22-9-6-7-14-29(22)44-20-24-15-16-25(36)19-28(24)37/h3-19,32H,20H2,1-2H3,(H,39,41)/b30-18+. The normalized spacial score (nSPS) is 14.5. The minimum Gasteiger partial charge on any atom is -0.497 e. The summed E-state index contributed by atoms with van der Waals surface area (Å²) in [6.45, 7) is 2.01. The van der Waals surface area contributed by atoms with Gasteiger partial charge >= 0.3 is 0 Å². The number of hydrogen-bond acceptors (Lipinski definition) is 6.